The summed E-state index contributed by atoms with van der Waals surface area (Å²) in [5, 5.41) is 9.54. The predicted octanol–water partition coefficient (Wildman–Crippen LogP) is 3.64. The quantitative estimate of drug-likeness (QED) is 0.844. The smallest absolute Gasteiger partial charge is 0.310 e. The first-order valence-corrected chi connectivity index (χ1v) is 8.15. The molecular weight excluding hydrogens is 262 g/mol. The lowest BCUT2D eigenvalue weighted by Gasteiger charge is -2.42. The van der Waals surface area contributed by atoms with E-state index in [-0.39, 0.29) is 0 Å². The minimum atomic E-state index is -0.644. The number of carboxylic acids is 1. The van der Waals surface area contributed by atoms with E-state index in [4.69, 9.17) is 0 Å². The van der Waals surface area contributed by atoms with Crippen molar-refractivity contribution in [2.45, 2.75) is 51.5 Å². The van der Waals surface area contributed by atoms with Crippen LogP contribution in [0.2, 0.25) is 0 Å². The summed E-state index contributed by atoms with van der Waals surface area (Å²) < 4.78 is 0. The molecular formula is C18H25NO2. The van der Waals surface area contributed by atoms with Crippen LogP contribution in [0.25, 0.3) is 0 Å². The molecule has 1 N–H and O–H groups in total. The van der Waals surface area contributed by atoms with Crippen molar-refractivity contribution in [1.29, 1.82) is 0 Å². The second kappa shape index (κ2) is 5.80. The summed E-state index contributed by atoms with van der Waals surface area (Å²) in [6, 6.07) is 9.14. The van der Waals surface area contributed by atoms with E-state index in [9.17, 15) is 9.90 Å². The molecule has 2 atom stereocenters. The number of carbonyl (C=O) groups is 1. The second-order valence-corrected chi connectivity index (χ2v) is 6.90. The molecule has 114 valence electrons. The molecule has 0 aromatic heterocycles. The molecule has 1 aliphatic carbocycles. The maximum atomic E-state index is 11.6. The van der Waals surface area contributed by atoms with Crippen molar-refractivity contribution in [3.05, 3.63) is 35.4 Å². The fourth-order valence-electron chi connectivity index (χ4n) is 3.99. The molecule has 0 bridgehead atoms. The average molecular weight is 287 g/mol. The topological polar surface area (TPSA) is 40.5 Å². The van der Waals surface area contributed by atoms with Crippen LogP contribution in [0.15, 0.2) is 24.3 Å². The zero-order valence-electron chi connectivity index (χ0n) is 12.8. The third-order valence-electron chi connectivity index (χ3n) is 5.27. The molecule has 1 heterocycles. The van der Waals surface area contributed by atoms with E-state index in [1.165, 1.54) is 24.0 Å². The zero-order chi connectivity index (χ0) is 14.9. The van der Waals surface area contributed by atoms with Gasteiger partial charge in [-0.2, -0.15) is 0 Å². The van der Waals surface area contributed by atoms with E-state index >= 15 is 0 Å². The maximum absolute atomic E-state index is 11.6. The van der Waals surface area contributed by atoms with Gasteiger partial charge in [-0.1, -0.05) is 30.7 Å². The van der Waals surface area contributed by atoms with Gasteiger partial charge in [0.15, 0.2) is 0 Å². The lowest BCUT2D eigenvalue weighted by atomic mass is 9.80. The summed E-state index contributed by atoms with van der Waals surface area (Å²) in [6.45, 7) is 3.62. The minimum absolute atomic E-state index is 0.405. The van der Waals surface area contributed by atoms with E-state index in [2.05, 4.69) is 29.2 Å². The first-order valence-electron chi connectivity index (χ1n) is 8.15. The van der Waals surface area contributed by atoms with Crippen LogP contribution in [-0.4, -0.2) is 29.1 Å². The molecule has 3 heteroatoms. The van der Waals surface area contributed by atoms with Crippen molar-refractivity contribution in [3.63, 3.8) is 0 Å². The lowest BCUT2D eigenvalue weighted by Crippen LogP contribution is -2.47. The fraction of sp³-hybridized carbons (Fsp3) is 0.611. The van der Waals surface area contributed by atoms with Crippen molar-refractivity contribution >= 4 is 5.97 Å². The van der Waals surface area contributed by atoms with Crippen LogP contribution in [-0.2, 0) is 11.2 Å². The Hall–Kier alpha value is -1.35. The van der Waals surface area contributed by atoms with Crippen LogP contribution in [0.4, 0.5) is 0 Å². The van der Waals surface area contributed by atoms with E-state index in [0.29, 0.717) is 12.6 Å². The molecule has 0 spiro atoms. The van der Waals surface area contributed by atoms with E-state index < -0.39 is 11.4 Å². The maximum Gasteiger partial charge on any atom is 0.310 e. The van der Waals surface area contributed by atoms with E-state index in [1.807, 2.05) is 6.92 Å². The largest absolute Gasteiger partial charge is 0.481 e. The summed E-state index contributed by atoms with van der Waals surface area (Å²) in [6.07, 6.45) is 6.59. The number of rotatable bonds is 2. The number of nitrogens with zero attached hydrogens (tertiary/aromatic N) is 1. The number of aliphatic carboxylic acids is 1. The fourth-order valence-corrected chi connectivity index (χ4v) is 3.99. The number of likely N-dealkylation sites (tertiary alicyclic amines) is 1. The number of hydrogen-bond donors (Lipinski definition) is 1. The highest BCUT2D eigenvalue weighted by atomic mass is 16.4. The minimum Gasteiger partial charge on any atom is -0.481 e. The Labute approximate surface area is 127 Å². The average Bonchev–Trinajstić information content (AvgIpc) is 2.69. The Bertz CT molecular complexity index is 528. The molecule has 1 aliphatic heterocycles. The van der Waals surface area contributed by atoms with Gasteiger partial charge < -0.3 is 5.11 Å². The summed E-state index contributed by atoms with van der Waals surface area (Å²) in [4.78, 5) is 14.0. The number of aryl methyl sites for hydroxylation is 1. The van der Waals surface area contributed by atoms with E-state index in [0.717, 1.165) is 32.2 Å². The first-order chi connectivity index (χ1) is 10.1. The van der Waals surface area contributed by atoms with Crippen molar-refractivity contribution in [2.24, 2.45) is 5.41 Å². The van der Waals surface area contributed by atoms with Crippen molar-refractivity contribution in [3.8, 4) is 0 Å². The van der Waals surface area contributed by atoms with E-state index in [1.54, 1.807) is 0 Å². The Balaban J connectivity index is 1.87. The molecule has 0 saturated carbocycles. The van der Waals surface area contributed by atoms with Crippen LogP contribution in [0.1, 0.15) is 56.2 Å². The normalized spacial score (nSPS) is 30.4. The van der Waals surface area contributed by atoms with Crippen LogP contribution in [0.3, 0.4) is 0 Å². The summed E-state index contributed by atoms with van der Waals surface area (Å²) in [5.41, 5.74) is 2.31. The molecule has 21 heavy (non-hydrogen) atoms. The number of benzene rings is 1. The van der Waals surface area contributed by atoms with Crippen LogP contribution in [0, 0.1) is 5.41 Å². The summed E-state index contributed by atoms with van der Waals surface area (Å²) in [5.74, 6) is -0.644. The molecule has 1 aromatic carbocycles. The van der Waals surface area contributed by atoms with Gasteiger partial charge in [0, 0.05) is 12.6 Å². The standard InChI is InChI=1S/C18H25NO2/c1-18(17(20)21)11-6-12-19(13-18)16-10-5-3-8-14-7-2-4-9-15(14)16/h2,4,7,9,16H,3,5-6,8,10-13H2,1H3,(H,20,21). The van der Waals surface area contributed by atoms with Gasteiger partial charge in [-0.05, 0) is 56.7 Å². The monoisotopic (exact) mass is 287 g/mol. The summed E-state index contributed by atoms with van der Waals surface area (Å²) in [7, 11) is 0. The van der Waals surface area contributed by atoms with Crippen LogP contribution >= 0.6 is 0 Å². The van der Waals surface area contributed by atoms with Gasteiger partial charge in [0.25, 0.3) is 0 Å². The highest BCUT2D eigenvalue weighted by Crippen LogP contribution is 2.39. The molecule has 1 saturated heterocycles. The molecule has 3 rings (SSSR count). The highest BCUT2D eigenvalue weighted by Gasteiger charge is 2.40. The number of hydrogen-bond acceptors (Lipinski definition) is 2. The molecule has 0 radical (unpaired) electrons. The molecule has 2 aliphatic rings. The number of piperidine rings is 1. The third-order valence-corrected chi connectivity index (χ3v) is 5.27. The van der Waals surface area contributed by atoms with Gasteiger partial charge in [-0.15, -0.1) is 0 Å². The van der Waals surface area contributed by atoms with Gasteiger partial charge in [0.1, 0.15) is 0 Å². The van der Waals surface area contributed by atoms with Gasteiger partial charge in [-0.25, -0.2) is 0 Å². The van der Waals surface area contributed by atoms with Crippen LogP contribution < -0.4 is 0 Å². The highest BCUT2D eigenvalue weighted by molar-refractivity contribution is 5.74. The Morgan fingerprint density at radius 1 is 1.29 bits per heavy atom. The molecule has 1 aromatic rings. The van der Waals surface area contributed by atoms with Crippen molar-refractivity contribution in [2.75, 3.05) is 13.1 Å². The molecule has 1 fully saturated rings. The molecule has 3 nitrogen and oxygen atoms in total. The van der Waals surface area contributed by atoms with Crippen molar-refractivity contribution in [1.82, 2.24) is 4.90 Å². The van der Waals surface area contributed by atoms with Gasteiger partial charge in [0.05, 0.1) is 5.41 Å². The number of fused-ring (bicyclic) bond motifs is 1. The number of carboxylic acid groups (broad SMARTS) is 1. The SMILES string of the molecule is CC1(C(=O)O)CCCN(C2CCCCc3ccccc32)C1. The Morgan fingerprint density at radius 2 is 2.10 bits per heavy atom. The predicted molar refractivity (Wildman–Crippen MR) is 83.3 cm³/mol. The molecule has 0 amide bonds. The third kappa shape index (κ3) is 2.84. The lowest BCUT2D eigenvalue weighted by molar-refractivity contribution is -0.151. The molecule has 2 unspecified atom stereocenters. The Morgan fingerprint density at radius 3 is 2.90 bits per heavy atom. The zero-order valence-corrected chi connectivity index (χ0v) is 12.8. The Kier molecular flexibility index (Phi) is 4.03. The first kappa shape index (κ1) is 14.6. The van der Waals surface area contributed by atoms with Gasteiger partial charge in [-0.3, -0.25) is 9.69 Å². The van der Waals surface area contributed by atoms with Gasteiger partial charge >= 0.3 is 5.97 Å². The van der Waals surface area contributed by atoms with Crippen molar-refractivity contribution < 1.29 is 9.90 Å². The summed E-state index contributed by atoms with van der Waals surface area (Å²) >= 11 is 0. The van der Waals surface area contributed by atoms with Gasteiger partial charge in [0.2, 0.25) is 0 Å². The second-order valence-electron chi connectivity index (χ2n) is 6.90. The van der Waals surface area contributed by atoms with Crippen LogP contribution in [0.5, 0.6) is 0 Å².